The van der Waals surface area contributed by atoms with E-state index in [0.29, 0.717) is 0 Å². The van der Waals surface area contributed by atoms with Crippen LogP contribution in [0.3, 0.4) is 0 Å². The molecule has 3 aromatic rings. The molecule has 32 heavy (non-hydrogen) atoms. The number of rotatable bonds is 10. The summed E-state index contributed by atoms with van der Waals surface area (Å²) >= 11 is 0. The molecule has 3 rings (SSSR count). The van der Waals surface area contributed by atoms with E-state index in [1.165, 1.54) is 15.9 Å². The molecule has 3 aromatic carbocycles. The van der Waals surface area contributed by atoms with Crippen LogP contribution in [-0.4, -0.2) is 17.2 Å². The van der Waals surface area contributed by atoms with Crippen molar-refractivity contribution in [3.63, 3.8) is 0 Å². The van der Waals surface area contributed by atoms with Gasteiger partial charge in [0.05, 0.1) is 0 Å². The van der Waals surface area contributed by atoms with Gasteiger partial charge >= 0.3 is 194 Å². The summed E-state index contributed by atoms with van der Waals surface area (Å²) in [5, 5.41) is 13.6. The fourth-order valence-corrected chi connectivity index (χ4v) is 10.7. The third-order valence-corrected chi connectivity index (χ3v) is 11.5. The molecule has 0 radical (unpaired) electrons. The number of hydrogen-bond acceptors (Lipinski definition) is 1. The van der Waals surface area contributed by atoms with Crippen molar-refractivity contribution in [1.82, 2.24) is 0 Å². The molecule has 0 saturated heterocycles. The van der Waals surface area contributed by atoms with Crippen molar-refractivity contribution in [2.75, 3.05) is 6.16 Å². The average Bonchev–Trinajstić information content (AvgIpc) is 2.75. The van der Waals surface area contributed by atoms with Crippen LogP contribution in [0.5, 0.6) is 0 Å². The standard InChI is InChI=1S/C29H37O2P/c1-28(2,23-29(3,4)22-27(30)31)20-21-32(24-14-8-5-9-15-24,25-16-10-6-11-17-25)26-18-12-7-13-19-26/h5-19,32H,20-23H2,1-4H3,(H,30,31). The normalized spacial score (nSPS) is 13.0. The van der Waals surface area contributed by atoms with Crippen LogP contribution in [0.2, 0.25) is 0 Å². The van der Waals surface area contributed by atoms with Gasteiger partial charge < -0.3 is 0 Å². The molecule has 0 fully saturated rings. The summed E-state index contributed by atoms with van der Waals surface area (Å²) in [6.45, 7) is 8.77. The van der Waals surface area contributed by atoms with Gasteiger partial charge in [0.25, 0.3) is 0 Å². The molecule has 0 amide bonds. The molecule has 0 aliphatic carbocycles. The van der Waals surface area contributed by atoms with Gasteiger partial charge in [-0.05, 0) is 0 Å². The van der Waals surface area contributed by atoms with Crippen molar-refractivity contribution in [1.29, 1.82) is 0 Å². The molecule has 0 bridgehead atoms. The Morgan fingerprint density at radius 1 is 0.688 bits per heavy atom. The van der Waals surface area contributed by atoms with E-state index in [0.717, 1.165) is 19.0 Å². The molecule has 0 saturated carbocycles. The predicted molar refractivity (Wildman–Crippen MR) is 140 cm³/mol. The molecule has 0 atom stereocenters. The van der Waals surface area contributed by atoms with Gasteiger partial charge in [0.1, 0.15) is 0 Å². The van der Waals surface area contributed by atoms with Gasteiger partial charge in [0.2, 0.25) is 0 Å². The van der Waals surface area contributed by atoms with Crippen molar-refractivity contribution < 1.29 is 9.90 Å². The van der Waals surface area contributed by atoms with Crippen LogP contribution in [0.15, 0.2) is 91.0 Å². The molecule has 0 heterocycles. The number of benzene rings is 3. The molecule has 0 aliphatic heterocycles. The summed E-state index contributed by atoms with van der Waals surface area (Å²) < 4.78 is 0. The Balaban J connectivity index is 2.05. The Morgan fingerprint density at radius 2 is 1.06 bits per heavy atom. The van der Waals surface area contributed by atoms with E-state index in [9.17, 15) is 9.90 Å². The van der Waals surface area contributed by atoms with E-state index in [4.69, 9.17) is 0 Å². The number of aliphatic carboxylic acids is 1. The van der Waals surface area contributed by atoms with Gasteiger partial charge in [-0.3, -0.25) is 0 Å². The third kappa shape index (κ3) is 5.87. The quantitative estimate of drug-likeness (QED) is 0.385. The first-order valence-corrected chi connectivity index (χ1v) is 13.7. The minimum atomic E-state index is -2.26. The zero-order chi connectivity index (χ0) is 23.2. The Bertz CT molecular complexity index is 898. The summed E-state index contributed by atoms with van der Waals surface area (Å²) in [7, 11) is -2.26. The maximum atomic E-state index is 11.4. The summed E-state index contributed by atoms with van der Waals surface area (Å²) in [5.41, 5.74) is -0.193. The van der Waals surface area contributed by atoms with Gasteiger partial charge in [-0.25, -0.2) is 0 Å². The van der Waals surface area contributed by atoms with E-state index >= 15 is 0 Å². The van der Waals surface area contributed by atoms with Gasteiger partial charge in [0.15, 0.2) is 0 Å². The summed E-state index contributed by atoms with van der Waals surface area (Å²) in [6, 6.07) is 33.0. The predicted octanol–water partition coefficient (Wildman–Crippen LogP) is 6.02. The van der Waals surface area contributed by atoms with Crippen LogP contribution in [0, 0.1) is 10.8 Å². The van der Waals surface area contributed by atoms with Crippen LogP contribution in [0.1, 0.15) is 47.0 Å². The zero-order valence-corrected chi connectivity index (χ0v) is 20.8. The second kappa shape index (κ2) is 10.0. The molecular weight excluding hydrogens is 411 g/mol. The van der Waals surface area contributed by atoms with E-state index in [1.54, 1.807) is 0 Å². The van der Waals surface area contributed by atoms with Crippen LogP contribution >= 0.6 is 7.26 Å². The number of hydrogen-bond donors (Lipinski definition) is 1. The van der Waals surface area contributed by atoms with E-state index in [1.807, 2.05) is 0 Å². The first kappa shape index (κ1) is 24.2. The number of carboxylic acid groups (broad SMARTS) is 1. The van der Waals surface area contributed by atoms with Crippen molar-refractivity contribution >= 4 is 29.1 Å². The monoisotopic (exact) mass is 448 g/mol. The van der Waals surface area contributed by atoms with Crippen molar-refractivity contribution in [2.24, 2.45) is 10.8 Å². The van der Waals surface area contributed by atoms with E-state index < -0.39 is 13.2 Å². The topological polar surface area (TPSA) is 37.3 Å². The van der Waals surface area contributed by atoms with Crippen molar-refractivity contribution in [3.8, 4) is 0 Å². The van der Waals surface area contributed by atoms with Crippen LogP contribution < -0.4 is 15.9 Å². The average molecular weight is 449 g/mol. The zero-order valence-electron chi connectivity index (χ0n) is 19.8. The second-order valence-corrected chi connectivity index (χ2v) is 14.6. The SMILES string of the molecule is CC(C)(CC[PH](c1ccccc1)(c1ccccc1)c1ccccc1)CC(C)(C)CC(=O)O. The molecule has 2 nitrogen and oxygen atoms in total. The third-order valence-electron chi connectivity index (χ3n) is 6.56. The molecule has 0 unspecified atom stereocenters. The Labute approximate surface area is 194 Å². The van der Waals surface area contributed by atoms with Gasteiger partial charge in [-0.2, -0.15) is 0 Å². The fraction of sp³-hybridized carbons (Fsp3) is 0.345. The molecule has 170 valence electrons. The summed E-state index contributed by atoms with van der Waals surface area (Å²) in [6.07, 6.45) is 3.21. The minimum absolute atomic E-state index is 0.0372. The second-order valence-electron chi connectivity index (χ2n) is 10.6. The van der Waals surface area contributed by atoms with Crippen molar-refractivity contribution in [2.45, 2.75) is 47.0 Å². The summed E-state index contributed by atoms with van der Waals surface area (Å²) in [5.74, 6) is -0.715. The molecule has 0 aromatic heterocycles. The van der Waals surface area contributed by atoms with Crippen LogP contribution in [0.25, 0.3) is 0 Å². The summed E-state index contributed by atoms with van der Waals surface area (Å²) in [4.78, 5) is 11.4. The fourth-order valence-electron chi connectivity index (χ4n) is 5.48. The first-order valence-electron chi connectivity index (χ1n) is 11.5. The molecule has 3 heteroatoms. The van der Waals surface area contributed by atoms with Crippen LogP contribution in [-0.2, 0) is 4.79 Å². The maximum absolute atomic E-state index is 11.4. The number of carbonyl (C=O) groups is 1. The van der Waals surface area contributed by atoms with E-state index in [2.05, 4.69) is 119 Å². The van der Waals surface area contributed by atoms with Gasteiger partial charge in [-0.1, -0.05) is 0 Å². The van der Waals surface area contributed by atoms with E-state index in [-0.39, 0.29) is 17.3 Å². The molecule has 0 aliphatic rings. The molecule has 1 N–H and O–H groups in total. The Kier molecular flexibility index (Phi) is 7.57. The first-order chi connectivity index (χ1) is 15.1. The molecule has 0 spiro atoms. The van der Waals surface area contributed by atoms with Gasteiger partial charge in [0, 0.05) is 0 Å². The van der Waals surface area contributed by atoms with Gasteiger partial charge in [-0.15, -0.1) is 0 Å². The van der Waals surface area contributed by atoms with Crippen LogP contribution in [0.4, 0.5) is 0 Å². The Morgan fingerprint density at radius 3 is 1.41 bits per heavy atom. The van der Waals surface area contributed by atoms with Crippen molar-refractivity contribution in [3.05, 3.63) is 91.0 Å². The number of carboxylic acids is 1. The Hall–Kier alpha value is -2.44. The molecular formula is C29H37O2P.